The summed E-state index contributed by atoms with van der Waals surface area (Å²) in [5.41, 5.74) is 0.548. The van der Waals surface area contributed by atoms with Crippen molar-refractivity contribution in [2.75, 3.05) is 0 Å². The molecule has 6 nitrogen and oxygen atoms in total. The Labute approximate surface area is 139 Å². The third-order valence-electron chi connectivity index (χ3n) is 3.04. The predicted octanol–water partition coefficient (Wildman–Crippen LogP) is 3.44. The monoisotopic (exact) mass is 348 g/mol. The molecule has 1 amide bonds. The normalized spacial score (nSPS) is 16.0. The van der Waals surface area contributed by atoms with Gasteiger partial charge in [0.25, 0.3) is 5.91 Å². The lowest BCUT2D eigenvalue weighted by molar-refractivity contribution is -0.115. The van der Waals surface area contributed by atoms with Crippen LogP contribution < -0.4 is 5.32 Å². The number of halogens is 1. The van der Waals surface area contributed by atoms with Crippen molar-refractivity contribution in [3.8, 4) is 11.3 Å². The van der Waals surface area contributed by atoms with E-state index in [9.17, 15) is 9.59 Å². The van der Waals surface area contributed by atoms with E-state index in [-0.39, 0.29) is 16.6 Å². The fourth-order valence-electron chi connectivity index (χ4n) is 1.99. The van der Waals surface area contributed by atoms with E-state index in [1.807, 2.05) is 0 Å². The second-order valence-electron chi connectivity index (χ2n) is 4.60. The summed E-state index contributed by atoms with van der Waals surface area (Å²) in [4.78, 5) is 23.0. The van der Waals surface area contributed by atoms with Crippen LogP contribution in [0.4, 0.5) is 0 Å². The standard InChI is InChI=1S/C15H9ClN2O4S/c16-10-3-1-7(14(20)21)5-9(10)11-4-2-8(22-11)6-12-13(19)18-15(17)23-12/h1-6H,(H,20,21)(H2,17,18,19). The molecule has 0 saturated carbocycles. The van der Waals surface area contributed by atoms with E-state index < -0.39 is 5.97 Å². The van der Waals surface area contributed by atoms with E-state index in [1.54, 1.807) is 12.1 Å². The van der Waals surface area contributed by atoms with Crippen molar-refractivity contribution in [1.82, 2.24) is 5.32 Å². The number of carbonyl (C=O) groups excluding carboxylic acids is 1. The lowest BCUT2D eigenvalue weighted by Crippen LogP contribution is -2.18. The minimum absolute atomic E-state index is 0.0604. The number of hydrogen-bond acceptors (Lipinski definition) is 5. The molecule has 2 heterocycles. The molecule has 1 aliphatic rings. The molecule has 0 atom stereocenters. The topological polar surface area (TPSA) is 103 Å². The summed E-state index contributed by atoms with van der Waals surface area (Å²) in [6.45, 7) is 0. The van der Waals surface area contributed by atoms with E-state index >= 15 is 0 Å². The quantitative estimate of drug-likeness (QED) is 0.737. The van der Waals surface area contributed by atoms with Gasteiger partial charge in [-0.1, -0.05) is 11.6 Å². The van der Waals surface area contributed by atoms with Crippen LogP contribution in [-0.4, -0.2) is 22.2 Å². The van der Waals surface area contributed by atoms with Gasteiger partial charge in [0, 0.05) is 11.6 Å². The zero-order valence-electron chi connectivity index (χ0n) is 11.4. The Morgan fingerprint density at radius 1 is 1.35 bits per heavy atom. The number of rotatable bonds is 3. The highest BCUT2D eigenvalue weighted by Crippen LogP contribution is 2.32. The minimum Gasteiger partial charge on any atom is -0.478 e. The maximum absolute atomic E-state index is 11.6. The van der Waals surface area contributed by atoms with Crippen molar-refractivity contribution in [2.24, 2.45) is 0 Å². The summed E-state index contributed by atoms with van der Waals surface area (Å²) >= 11 is 7.10. The Morgan fingerprint density at radius 2 is 2.13 bits per heavy atom. The van der Waals surface area contributed by atoms with Gasteiger partial charge in [-0.15, -0.1) is 0 Å². The van der Waals surface area contributed by atoms with Crippen LogP contribution in [0.3, 0.4) is 0 Å². The number of amides is 1. The zero-order chi connectivity index (χ0) is 16.6. The molecule has 3 rings (SSSR count). The Bertz CT molecular complexity index is 872. The highest BCUT2D eigenvalue weighted by Gasteiger charge is 2.23. The van der Waals surface area contributed by atoms with E-state index in [1.165, 1.54) is 24.3 Å². The number of carbonyl (C=O) groups is 2. The number of thioether (sulfide) groups is 1. The number of hydrogen-bond donors (Lipinski definition) is 3. The first-order valence-corrected chi connectivity index (χ1v) is 7.56. The minimum atomic E-state index is -1.06. The first-order valence-electron chi connectivity index (χ1n) is 6.36. The van der Waals surface area contributed by atoms with Crippen LogP contribution in [0, 0.1) is 5.41 Å². The number of carboxylic acids is 1. The molecule has 8 heteroatoms. The van der Waals surface area contributed by atoms with E-state index in [0.717, 1.165) is 11.8 Å². The smallest absolute Gasteiger partial charge is 0.335 e. The van der Waals surface area contributed by atoms with Crippen molar-refractivity contribution < 1.29 is 19.1 Å². The van der Waals surface area contributed by atoms with E-state index in [4.69, 9.17) is 26.5 Å². The van der Waals surface area contributed by atoms with Crippen molar-refractivity contribution >= 4 is 46.5 Å². The number of benzene rings is 1. The van der Waals surface area contributed by atoms with Gasteiger partial charge in [0.2, 0.25) is 0 Å². The molecule has 116 valence electrons. The second kappa shape index (κ2) is 5.94. The molecule has 1 aromatic heterocycles. The van der Waals surface area contributed by atoms with Gasteiger partial charge in [-0.3, -0.25) is 10.2 Å². The average molecular weight is 349 g/mol. The lowest BCUT2D eigenvalue weighted by atomic mass is 10.1. The van der Waals surface area contributed by atoms with Crippen molar-refractivity contribution in [2.45, 2.75) is 0 Å². The zero-order valence-corrected chi connectivity index (χ0v) is 13.0. The van der Waals surface area contributed by atoms with Gasteiger partial charge >= 0.3 is 5.97 Å². The SMILES string of the molecule is N=C1NC(=O)C(=Cc2ccc(-c3cc(C(=O)O)ccc3Cl)o2)S1. The maximum atomic E-state index is 11.6. The molecule has 23 heavy (non-hydrogen) atoms. The Kier molecular flexibility index (Phi) is 3.97. The van der Waals surface area contributed by atoms with Crippen LogP contribution >= 0.6 is 23.4 Å². The summed E-state index contributed by atoms with van der Waals surface area (Å²) in [5.74, 6) is -0.620. The highest BCUT2D eigenvalue weighted by atomic mass is 35.5. The largest absolute Gasteiger partial charge is 0.478 e. The maximum Gasteiger partial charge on any atom is 0.335 e. The van der Waals surface area contributed by atoms with Gasteiger partial charge in [0.1, 0.15) is 11.5 Å². The highest BCUT2D eigenvalue weighted by molar-refractivity contribution is 8.18. The summed E-state index contributed by atoms with van der Waals surface area (Å²) in [5, 5.41) is 19.2. The fourth-order valence-corrected chi connectivity index (χ4v) is 2.89. The number of aromatic carboxylic acids is 1. The molecule has 0 bridgehead atoms. The van der Waals surface area contributed by atoms with Gasteiger partial charge in [-0.05, 0) is 42.1 Å². The Hall–Kier alpha value is -2.51. The summed E-state index contributed by atoms with van der Waals surface area (Å²) < 4.78 is 5.61. The van der Waals surface area contributed by atoms with Crippen LogP contribution in [0.2, 0.25) is 5.02 Å². The van der Waals surface area contributed by atoms with Gasteiger partial charge in [-0.2, -0.15) is 0 Å². The van der Waals surface area contributed by atoms with Crippen LogP contribution in [0.5, 0.6) is 0 Å². The van der Waals surface area contributed by atoms with E-state index in [2.05, 4.69) is 5.32 Å². The molecular formula is C15H9ClN2O4S. The molecule has 0 spiro atoms. The first kappa shape index (κ1) is 15.4. The predicted molar refractivity (Wildman–Crippen MR) is 87.6 cm³/mol. The van der Waals surface area contributed by atoms with Gasteiger partial charge in [-0.25, -0.2) is 4.79 Å². The molecular weight excluding hydrogens is 340 g/mol. The molecule has 0 unspecified atom stereocenters. The molecule has 0 aliphatic carbocycles. The lowest BCUT2D eigenvalue weighted by Gasteiger charge is -2.02. The molecule has 1 fully saturated rings. The summed E-state index contributed by atoms with van der Waals surface area (Å²) in [6.07, 6.45) is 1.51. The molecule has 1 saturated heterocycles. The summed E-state index contributed by atoms with van der Waals surface area (Å²) in [7, 11) is 0. The number of amidine groups is 1. The molecule has 1 aromatic carbocycles. The second-order valence-corrected chi connectivity index (χ2v) is 6.06. The summed E-state index contributed by atoms with van der Waals surface area (Å²) in [6, 6.07) is 7.60. The number of carboxylic acid groups (broad SMARTS) is 1. The third-order valence-corrected chi connectivity index (χ3v) is 4.20. The van der Waals surface area contributed by atoms with Gasteiger partial charge in [0.15, 0.2) is 5.17 Å². The average Bonchev–Trinajstić information content (AvgIpc) is 3.06. The number of nitrogens with one attached hydrogen (secondary N) is 2. The molecule has 2 aromatic rings. The Balaban J connectivity index is 1.95. The molecule has 3 N–H and O–H groups in total. The van der Waals surface area contributed by atoms with Crippen LogP contribution in [-0.2, 0) is 4.79 Å². The first-order chi connectivity index (χ1) is 10.9. The molecule has 0 radical (unpaired) electrons. The van der Waals surface area contributed by atoms with E-state index in [0.29, 0.717) is 27.0 Å². The van der Waals surface area contributed by atoms with Crippen LogP contribution in [0.25, 0.3) is 17.4 Å². The van der Waals surface area contributed by atoms with Gasteiger partial charge < -0.3 is 14.8 Å². The van der Waals surface area contributed by atoms with Gasteiger partial charge in [0.05, 0.1) is 15.5 Å². The molecule has 1 aliphatic heterocycles. The van der Waals surface area contributed by atoms with Crippen molar-refractivity contribution in [3.63, 3.8) is 0 Å². The third kappa shape index (κ3) is 3.15. The van der Waals surface area contributed by atoms with Crippen LogP contribution in [0.1, 0.15) is 16.1 Å². The van der Waals surface area contributed by atoms with Crippen molar-refractivity contribution in [3.05, 3.63) is 51.6 Å². The Morgan fingerprint density at radius 3 is 2.78 bits per heavy atom. The number of furan rings is 1. The fraction of sp³-hybridized carbons (Fsp3) is 0. The van der Waals surface area contributed by atoms with Crippen molar-refractivity contribution in [1.29, 1.82) is 5.41 Å². The van der Waals surface area contributed by atoms with Crippen LogP contribution in [0.15, 0.2) is 39.7 Å².